The van der Waals surface area contributed by atoms with E-state index in [1.807, 2.05) is 0 Å². The molecule has 0 saturated heterocycles. The fourth-order valence-corrected chi connectivity index (χ4v) is 2.11. The fraction of sp³-hybridized carbons (Fsp3) is 0. The summed E-state index contributed by atoms with van der Waals surface area (Å²) in [4.78, 5) is 0. The quantitative estimate of drug-likeness (QED) is 0.386. The van der Waals surface area contributed by atoms with Crippen LogP contribution in [-0.4, -0.2) is 31.2 Å². The van der Waals surface area contributed by atoms with Crippen LogP contribution in [-0.2, 0) is 0 Å². The van der Waals surface area contributed by atoms with Crippen molar-refractivity contribution in [2.45, 2.75) is 0 Å². The number of nitrogens with zero attached hydrogens (tertiary/aromatic N) is 4. The lowest BCUT2D eigenvalue weighted by atomic mass is 10.0. The van der Waals surface area contributed by atoms with Gasteiger partial charge in [-0.15, -0.1) is 15.7 Å². The Balaban J connectivity index is 3.12. The molecule has 2 aromatic rings. The summed E-state index contributed by atoms with van der Waals surface area (Å²) in [5.74, 6) is -2.81. The van der Waals surface area contributed by atoms with Gasteiger partial charge in [-0.3, -0.25) is 31.2 Å². The van der Waals surface area contributed by atoms with Crippen LogP contribution in [0.15, 0.2) is 12.1 Å². The van der Waals surface area contributed by atoms with Gasteiger partial charge in [0.15, 0.2) is 0 Å². The molecule has 0 aliphatic rings. The van der Waals surface area contributed by atoms with Crippen LogP contribution in [0.4, 0.5) is 22.7 Å². The summed E-state index contributed by atoms with van der Waals surface area (Å²) in [5, 5.41) is 95.5. The van der Waals surface area contributed by atoms with Crippen LogP contribution >= 0.6 is 0 Å². The second kappa shape index (κ2) is 6.00. The van der Waals surface area contributed by atoms with E-state index in [-0.39, 0.29) is 0 Å². The molecule has 0 fully saturated rings. The highest BCUT2D eigenvalue weighted by molar-refractivity contribution is 6.13. The molecule has 132 valence electrons. The largest absolute Gasteiger partial charge is 0.871 e. The Kier molecular flexibility index (Phi) is 4.38. The second-order valence-electron chi connectivity index (χ2n) is 4.36. The molecular formula is C10H8N4O10-4. The Bertz CT molecular complexity index is 713. The average Bonchev–Trinajstić information content (AvgIpc) is 2.46. The van der Waals surface area contributed by atoms with Gasteiger partial charge in [-0.05, 0) is 12.1 Å². The highest BCUT2D eigenvalue weighted by atomic mass is 16.8. The lowest BCUT2D eigenvalue weighted by Crippen LogP contribution is -2.20. The molecule has 0 aliphatic carbocycles. The van der Waals surface area contributed by atoms with Gasteiger partial charge in [0.1, 0.15) is 11.4 Å². The number of hydrogen-bond acceptors (Lipinski definition) is 14. The van der Waals surface area contributed by atoms with Gasteiger partial charge in [-0.2, -0.15) is 0 Å². The molecule has 0 aromatic heterocycles. The monoisotopic (exact) mass is 344 g/mol. The van der Waals surface area contributed by atoms with E-state index < -0.39 is 65.9 Å². The Labute approximate surface area is 131 Å². The maximum Gasteiger partial charge on any atom is 0.104 e. The molecule has 14 heteroatoms. The summed E-state index contributed by atoms with van der Waals surface area (Å²) in [5.41, 5.74) is -4.15. The molecule has 14 nitrogen and oxygen atoms in total. The zero-order valence-electron chi connectivity index (χ0n) is 11.3. The maximum atomic E-state index is 12.2. The van der Waals surface area contributed by atoms with Crippen LogP contribution in [0.5, 0.6) is 11.5 Å². The third kappa shape index (κ3) is 2.62. The first kappa shape index (κ1) is 17.5. The average molecular weight is 344 g/mol. The summed E-state index contributed by atoms with van der Waals surface area (Å²) in [6, 6.07) is 0.774. The predicted molar refractivity (Wildman–Crippen MR) is 70.2 cm³/mol. The van der Waals surface area contributed by atoms with Crippen LogP contribution in [0.3, 0.4) is 0 Å². The molecule has 0 radical (unpaired) electrons. The number of hydrogen-bond donors (Lipinski definition) is 6. The van der Waals surface area contributed by atoms with Gasteiger partial charge in [-0.1, -0.05) is 11.5 Å². The van der Waals surface area contributed by atoms with Crippen molar-refractivity contribution in [1.29, 1.82) is 0 Å². The van der Waals surface area contributed by atoms with Gasteiger partial charge in [0.25, 0.3) is 0 Å². The van der Waals surface area contributed by atoms with E-state index in [0.29, 0.717) is 12.1 Å². The Morgan fingerprint density at radius 2 is 0.917 bits per heavy atom. The molecule has 0 spiro atoms. The molecule has 0 amide bonds. The van der Waals surface area contributed by atoms with Gasteiger partial charge < -0.3 is 25.9 Å². The minimum atomic E-state index is -1.45. The number of anilines is 4. The molecular weight excluding hydrogens is 336 g/mol. The predicted octanol–water partition coefficient (Wildman–Crippen LogP) is -0.457. The number of fused-ring (bicyclic) bond motifs is 1. The fourth-order valence-electron chi connectivity index (χ4n) is 2.11. The Hall–Kier alpha value is -2.82. The van der Waals surface area contributed by atoms with Crippen molar-refractivity contribution in [3.63, 3.8) is 0 Å². The molecule has 0 heterocycles. The van der Waals surface area contributed by atoms with Crippen molar-refractivity contribution in [3.05, 3.63) is 22.5 Å². The summed E-state index contributed by atoms with van der Waals surface area (Å²) >= 11 is 0. The van der Waals surface area contributed by atoms with Crippen LogP contribution in [0.2, 0.25) is 0 Å². The zero-order chi connectivity index (χ0) is 18.3. The molecule has 2 aromatic carbocycles. The third-order valence-corrected chi connectivity index (χ3v) is 3.07. The molecule has 6 N–H and O–H groups in total. The van der Waals surface area contributed by atoms with E-state index in [1.54, 1.807) is 0 Å². The molecule has 2 rings (SSSR count). The molecule has 0 bridgehead atoms. The van der Waals surface area contributed by atoms with E-state index in [9.17, 15) is 20.6 Å². The van der Waals surface area contributed by atoms with E-state index in [4.69, 9.17) is 31.2 Å². The SMILES string of the molecule is [O-]c1c(N([O-])[O-])cc(N(O)O)c2c([O-])c(N(O)O)cc(N(O)O)c12. The zero-order valence-corrected chi connectivity index (χ0v) is 11.3. The van der Waals surface area contributed by atoms with Crippen LogP contribution in [0.25, 0.3) is 10.8 Å². The van der Waals surface area contributed by atoms with E-state index in [0.717, 1.165) is 0 Å². The molecule has 0 aliphatic heterocycles. The van der Waals surface area contributed by atoms with Crippen molar-refractivity contribution >= 4 is 33.5 Å². The summed E-state index contributed by atoms with van der Waals surface area (Å²) in [7, 11) is 0. The third-order valence-electron chi connectivity index (χ3n) is 3.07. The van der Waals surface area contributed by atoms with Gasteiger partial charge in [0.2, 0.25) is 0 Å². The second-order valence-corrected chi connectivity index (χ2v) is 4.36. The Morgan fingerprint density at radius 3 is 1.25 bits per heavy atom. The summed E-state index contributed by atoms with van der Waals surface area (Å²) < 4.78 is 0. The van der Waals surface area contributed by atoms with Gasteiger partial charge >= 0.3 is 0 Å². The topological polar surface area (TPSA) is 227 Å². The van der Waals surface area contributed by atoms with Crippen molar-refractivity contribution in [2.24, 2.45) is 0 Å². The van der Waals surface area contributed by atoms with Gasteiger partial charge in [0, 0.05) is 16.5 Å². The standard InChI is InChI=1S/C10H10N4O10/c15-9-5(13(21)22)1-3(11(17)18)7-8(9)4(12(19)20)2-6(10(7)16)14(23)24/h1-2,15-22H/q-2/p-2. The first-order chi connectivity index (χ1) is 11.1. The lowest BCUT2D eigenvalue weighted by Gasteiger charge is -2.42. The van der Waals surface area contributed by atoms with Crippen LogP contribution < -0.4 is 31.1 Å². The lowest BCUT2D eigenvalue weighted by molar-refractivity contribution is -0.268. The van der Waals surface area contributed by atoms with Crippen molar-refractivity contribution in [2.75, 3.05) is 20.9 Å². The molecule has 0 atom stereocenters. The normalized spacial score (nSPS) is 10.8. The van der Waals surface area contributed by atoms with Crippen molar-refractivity contribution in [1.82, 2.24) is 0 Å². The van der Waals surface area contributed by atoms with Crippen LogP contribution in [0.1, 0.15) is 0 Å². The van der Waals surface area contributed by atoms with Crippen molar-refractivity contribution in [3.8, 4) is 11.5 Å². The first-order valence-electron chi connectivity index (χ1n) is 5.77. The first-order valence-corrected chi connectivity index (χ1v) is 5.77. The van der Waals surface area contributed by atoms with E-state index in [2.05, 4.69) is 0 Å². The number of rotatable bonds is 4. The minimum Gasteiger partial charge on any atom is -0.871 e. The summed E-state index contributed by atoms with van der Waals surface area (Å²) in [6.45, 7) is 0. The highest BCUT2D eigenvalue weighted by Crippen LogP contribution is 2.49. The molecule has 0 saturated carbocycles. The maximum absolute atomic E-state index is 12.2. The van der Waals surface area contributed by atoms with E-state index in [1.165, 1.54) is 0 Å². The molecule has 0 unspecified atom stereocenters. The smallest absolute Gasteiger partial charge is 0.104 e. The van der Waals surface area contributed by atoms with Crippen LogP contribution in [0, 0.1) is 10.4 Å². The minimum absolute atomic E-state index is 0.345. The van der Waals surface area contributed by atoms with Gasteiger partial charge in [-0.25, -0.2) is 0 Å². The molecule has 24 heavy (non-hydrogen) atoms. The summed E-state index contributed by atoms with van der Waals surface area (Å²) in [6.07, 6.45) is 0. The Morgan fingerprint density at radius 1 is 0.583 bits per heavy atom. The van der Waals surface area contributed by atoms with Crippen molar-refractivity contribution < 1.29 is 41.5 Å². The number of benzene rings is 2. The highest BCUT2D eigenvalue weighted by Gasteiger charge is 2.20. The van der Waals surface area contributed by atoms with E-state index >= 15 is 0 Å². The van der Waals surface area contributed by atoms with Gasteiger partial charge in [0.05, 0.1) is 5.69 Å².